The maximum Gasteiger partial charge on any atom is 0.125 e. The Bertz CT molecular complexity index is 556. The third-order valence-electron chi connectivity index (χ3n) is 3.36. The molecule has 98 valence electrons. The van der Waals surface area contributed by atoms with Crippen molar-refractivity contribution in [2.45, 2.75) is 19.1 Å². The highest BCUT2D eigenvalue weighted by atomic mass is 19.1. The minimum Gasteiger partial charge on any atom is -0.485 e. The maximum atomic E-state index is 13.3. The van der Waals surface area contributed by atoms with E-state index in [9.17, 15) is 4.39 Å². The lowest BCUT2D eigenvalue weighted by molar-refractivity contribution is 0.185. The minimum atomic E-state index is -0.221. The summed E-state index contributed by atoms with van der Waals surface area (Å²) in [6, 6.07) is 14.8. The van der Waals surface area contributed by atoms with E-state index in [1.54, 1.807) is 6.07 Å². The van der Waals surface area contributed by atoms with E-state index >= 15 is 0 Å². The molecule has 19 heavy (non-hydrogen) atoms. The SMILES string of the molecule is Fc1ccc2c(c1)CNCCC(c1ccccc1)O2. The molecule has 2 aromatic carbocycles. The molecule has 1 aliphatic rings. The second kappa shape index (κ2) is 5.41. The van der Waals surface area contributed by atoms with Gasteiger partial charge in [0.05, 0.1) is 0 Å². The zero-order valence-electron chi connectivity index (χ0n) is 10.6. The van der Waals surface area contributed by atoms with E-state index < -0.39 is 0 Å². The predicted octanol–water partition coefficient (Wildman–Crippen LogP) is 3.44. The molecule has 1 heterocycles. The van der Waals surface area contributed by atoms with Crippen LogP contribution in [-0.2, 0) is 6.54 Å². The Morgan fingerprint density at radius 1 is 1.11 bits per heavy atom. The summed E-state index contributed by atoms with van der Waals surface area (Å²) in [5.74, 6) is 0.545. The van der Waals surface area contributed by atoms with Crippen molar-refractivity contribution in [2.75, 3.05) is 6.54 Å². The first-order chi connectivity index (χ1) is 9.33. The van der Waals surface area contributed by atoms with Crippen LogP contribution < -0.4 is 10.1 Å². The van der Waals surface area contributed by atoms with Crippen LogP contribution in [0.5, 0.6) is 5.75 Å². The Kier molecular flexibility index (Phi) is 3.47. The molecule has 0 bridgehead atoms. The minimum absolute atomic E-state index is 0.0122. The van der Waals surface area contributed by atoms with Gasteiger partial charge < -0.3 is 10.1 Å². The number of benzene rings is 2. The van der Waals surface area contributed by atoms with Crippen LogP contribution in [0.3, 0.4) is 0 Å². The summed E-state index contributed by atoms with van der Waals surface area (Å²) in [5, 5.41) is 3.32. The molecule has 1 N–H and O–H groups in total. The summed E-state index contributed by atoms with van der Waals surface area (Å²) in [6.07, 6.45) is 0.916. The number of rotatable bonds is 1. The number of nitrogens with one attached hydrogen (secondary N) is 1. The van der Waals surface area contributed by atoms with Gasteiger partial charge in [0.25, 0.3) is 0 Å². The van der Waals surface area contributed by atoms with Crippen LogP contribution >= 0.6 is 0 Å². The van der Waals surface area contributed by atoms with Crippen molar-refractivity contribution >= 4 is 0 Å². The van der Waals surface area contributed by atoms with E-state index in [4.69, 9.17) is 4.74 Å². The highest BCUT2D eigenvalue weighted by Gasteiger charge is 2.17. The summed E-state index contributed by atoms with van der Waals surface area (Å²) in [5.41, 5.74) is 2.03. The van der Waals surface area contributed by atoms with Crippen molar-refractivity contribution in [1.82, 2.24) is 5.32 Å². The van der Waals surface area contributed by atoms with Gasteiger partial charge in [0.15, 0.2) is 0 Å². The van der Waals surface area contributed by atoms with Crippen LogP contribution in [0.4, 0.5) is 4.39 Å². The third kappa shape index (κ3) is 2.76. The molecular formula is C16H16FNO. The molecule has 0 aromatic heterocycles. The van der Waals surface area contributed by atoms with Crippen molar-refractivity contribution < 1.29 is 9.13 Å². The average molecular weight is 257 g/mol. The van der Waals surface area contributed by atoms with Crippen molar-refractivity contribution in [3.63, 3.8) is 0 Å². The van der Waals surface area contributed by atoms with Crippen molar-refractivity contribution in [3.8, 4) is 5.75 Å². The van der Waals surface area contributed by atoms with Crippen LogP contribution in [-0.4, -0.2) is 6.54 Å². The second-order valence-electron chi connectivity index (χ2n) is 4.73. The van der Waals surface area contributed by atoms with Crippen molar-refractivity contribution in [3.05, 3.63) is 65.5 Å². The molecule has 3 rings (SSSR count). The highest BCUT2D eigenvalue weighted by Crippen LogP contribution is 2.29. The van der Waals surface area contributed by atoms with Crippen LogP contribution in [0.25, 0.3) is 0 Å². The summed E-state index contributed by atoms with van der Waals surface area (Å²) < 4.78 is 19.3. The molecule has 3 heteroatoms. The monoisotopic (exact) mass is 257 g/mol. The summed E-state index contributed by atoms with van der Waals surface area (Å²) in [7, 11) is 0. The lowest BCUT2D eigenvalue weighted by Gasteiger charge is -2.24. The fraction of sp³-hybridized carbons (Fsp3) is 0.250. The van der Waals surface area contributed by atoms with Crippen LogP contribution in [0, 0.1) is 5.82 Å². The maximum absolute atomic E-state index is 13.3. The molecule has 2 aromatic rings. The van der Waals surface area contributed by atoms with Gasteiger partial charge >= 0.3 is 0 Å². The fourth-order valence-corrected chi connectivity index (χ4v) is 2.37. The van der Waals surface area contributed by atoms with Gasteiger partial charge in [0.2, 0.25) is 0 Å². The Morgan fingerprint density at radius 2 is 1.95 bits per heavy atom. The molecule has 0 saturated heterocycles. The van der Waals surface area contributed by atoms with E-state index in [1.165, 1.54) is 12.1 Å². The molecule has 0 saturated carbocycles. The smallest absolute Gasteiger partial charge is 0.125 e. The van der Waals surface area contributed by atoms with Gasteiger partial charge in [-0.1, -0.05) is 30.3 Å². The molecule has 0 fully saturated rings. The van der Waals surface area contributed by atoms with Crippen LogP contribution in [0.2, 0.25) is 0 Å². The normalized spacial score (nSPS) is 18.9. The number of halogens is 1. The van der Waals surface area contributed by atoms with Gasteiger partial charge in [-0.05, 0) is 30.3 Å². The van der Waals surface area contributed by atoms with E-state index in [1.807, 2.05) is 18.2 Å². The number of hydrogen-bond acceptors (Lipinski definition) is 2. The van der Waals surface area contributed by atoms with Gasteiger partial charge in [-0.2, -0.15) is 0 Å². The topological polar surface area (TPSA) is 21.3 Å². The zero-order valence-corrected chi connectivity index (χ0v) is 10.6. The number of hydrogen-bond donors (Lipinski definition) is 1. The molecule has 1 atom stereocenters. The summed E-state index contributed by atoms with van der Waals surface area (Å²) in [6.45, 7) is 1.50. The van der Waals surface area contributed by atoms with Crippen molar-refractivity contribution in [2.24, 2.45) is 0 Å². The fourth-order valence-electron chi connectivity index (χ4n) is 2.37. The first kappa shape index (κ1) is 12.2. The van der Waals surface area contributed by atoms with E-state index in [2.05, 4.69) is 17.4 Å². The Morgan fingerprint density at radius 3 is 2.79 bits per heavy atom. The molecule has 0 aliphatic carbocycles. The summed E-state index contributed by atoms with van der Waals surface area (Å²) in [4.78, 5) is 0. The Labute approximate surface area is 112 Å². The quantitative estimate of drug-likeness (QED) is 0.845. The van der Waals surface area contributed by atoms with Crippen LogP contribution in [0.15, 0.2) is 48.5 Å². The molecule has 0 spiro atoms. The van der Waals surface area contributed by atoms with Gasteiger partial charge in [-0.3, -0.25) is 0 Å². The highest BCUT2D eigenvalue weighted by molar-refractivity contribution is 5.35. The first-order valence-corrected chi connectivity index (χ1v) is 6.54. The van der Waals surface area contributed by atoms with E-state index in [0.717, 1.165) is 29.8 Å². The average Bonchev–Trinajstić information content (AvgIpc) is 2.42. The van der Waals surface area contributed by atoms with Gasteiger partial charge in [0.1, 0.15) is 17.7 Å². The van der Waals surface area contributed by atoms with Gasteiger partial charge in [-0.25, -0.2) is 4.39 Å². The number of ether oxygens (including phenoxy) is 1. The van der Waals surface area contributed by atoms with Crippen molar-refractivity contribution in [1.29, 1.82) is 0 Å². The number of fused-ring (bicyclic) bond motifs is 1. The Balaban J connectivity index is 1.91. The lowest BCUT2D eigenvalue weighted by Crippen LogP contribution is -2.23. The Hall–Kier alpha value is -1.87. The zero-order chi connectivity index (χ0) is 13.1. The molecule has 1 unspecified atom stereocenters. The van der Waals surface area contributed by atoms with E-state index in [-0.39, 0.29) is 11.9 Å². The predicted molar refractivity (Wildman–Crippen MR) is 72.5 cm³/mol. The lowest BCUT2D eigenvalue weighted by atomic mass is 10.0. The third-order valence-corrected chi connectivity index (χ3v) is 3.36. The van der Waals surface area contributed by atoms with Crippen LogP contribution in [0.1, 0.15) is 23.7 Å². The van der Waals surface area contributed by atoms with E-state index in [0.29, 0.717) is 6.54 Å². The second-order valence-corrected chi connectivity index (χ2v) is 4.73. The summed E-state index contributed by atoms with van der Waals surface area (Å²) >= 11 is 0. The standard InChI is InChI=1S/C16H16FNO/c17-14-6-7-15-13(10-14)11-18-9-8-16(19-15)12-4-2-1-3-5-12/h1-7,10,16,18H,8-9,11H2. The van der Waals surface area contributed by atoms with Gasteiger partial charge in [-0.15, -0.1) is 0 Å². The molecule has 0 amide bonds. The first-order valence-electron chi connectivity index (χ1n) is 6.54. The largest absolute Gasteiger partial charge is 0.485 e. The molecule has 1 aliphatic heterocycles. The van der Waals surface area contributed by atoms with Gasteiger partial charge in [0, 0.05) is 18.5 Å². The molecule has 2 nitrogen and oxygen atoms in total. The molecular weight excluding hydrogens is 241 g/mol. The molecule has 0 radical (unpaired) electrons.